The van der Waals surface area contributed by atoms with Gasteiger partial charge in [-0.15, -0.1) is 0 Å². The Balaban J connectivity index is 1.63. The van der Waals surface area contributed by atoms with Crippen LogP contribution in [0.25, 0.3) is 0 Å². The smallest absolute Gasteiger partial charge is 0.251 e. The van der Waals surface area contributed by atoms with Crippen LogP contribution in [0.15, 0.2) is 53.4 Å². The molecule has 9 heteroatoms. The Bertz CT molecular complexity index is 1080. The Morgan fingerprint density at radius 3 is 2.35 bits per heavy atom. The van der Waals surface area contributed by atoms with Gasteiger partial charge in [-0.25, -0.2) is 8.42 Å². The van der Waals surface area contributed by atoms with Gasteiger partial charge in [0.25, 0.3) is 5.91 Å². The molecular weight excluding hydrogens is 454 g/mol. The van der Waals surface area contributed by atoms with E-state index in [0.29, 0.717) is 6.54 Å². The maximum atomic E-state index is 13.2. The molecule has 3 rings (SSSR count). The maximum Gasteiger partial charge on any atom is 0.251 e. The molecule has 0 bridgehead atoms. The molecule has 0 aromatic heterocycles. The van der Waals surface area contributed by atoms with Crippen molar-refractivity contribution in [3.63, 3.8) is 0 Å². The second-order valence-electron chi connectivity index (χ2n) is 8.49. The first-order chi connectivity index (χ1) is 16.3. The number of sulfonamides is 1. The quantitative estimate of drug-likeness (QED) is 0.502. The molecule has 1 saturated carbocycles. The summed E-state index contributed by atoms with van der Waals surface area (Å²) in [4.78, 5) is 24.8. The maximum absolute atomic E-state index is 13.2. The summed E-state index contributed by atoms with van der Waals surface area (Å²) in [5, 5.41) is 5.61. The topological polar surface area (TPSA) is 105 Å². The van der Waals surface area contributed by atoms with Gasteiger partial charge in [0.1, 0.15) is 10.6 Å². The summed E-state index contributed by atoms with van der Waals surface area (Å²) in [7, 11) is -1.03. The number of hydrogen-bond acceptors (Lipinski definition) is 5. The van der Waals surface area contributed by atoms with E-state index in [0.717, 1.165) is 31.2 Å². The van der Waals surface area contributed by atoms with Gasteiger partial charge in [0.05, 0.1) is 7.11 Å². The number of methoxy groups -OCH3 is 1. The molecule has 0 atom stereocenters. The van der Waals surface area contributed by atoms with Crippen LogP contribution in [0.3, 0.4) is 0 Å². The molecule has 0 radical (unpaired) electrons. The molecule has 2 N–H and O–H groups in total. The van der Waals surface area contributed by atoms with E-state index < -0.39 is 15.9 Å². The molecule has 2 aromatic rings. The molecule has 8 nitrogen and oxygen atoms in total. The van der Waals surface area contributed by atoms with E-state index in [9.17, 15) is 18.0 Å². The zero-order chi connectivity index (χ0) is 24.6. The van der Waals surface area contributed by atoms with Crippen LogP contribution in [0.1, 0.15) is 48.0 Å². The normalized spacial score (nSPS) is 14.6. The van der Waals surface area contributed by atoms with Crippen LogP contribution in [0.4, 0.5) is 0 Å². The average molecular weight is 488 g/mol. The van der Waals surface area contributed by atoms with Gasteiger partial charge in [-0.2, -0.15) is 4.31 Å². The Kier molecular flexibility index (Phi) is 9.06. The lowest BCUT2D eigenvalue weighted by Gasteiger charge is -2.21. The van der Waals surface area contributed by atoms with E-state index in [1.54, 1.807) is 0 Å². The van der Waals surface area contributed by atoms with Gasteiger partial charge < -0.3 is 15.4 Å². The van der Waals surface area contributed by atoms with Crippen molar-refractivity contribution in [3.05, 3.63) is 59.7 Å². The summed E-state index contributed by atoms with van der Waals surface area (Å²) in [6, 6.07) is 13.6. The van der Waals surface area contributed by atoms with Gasteiger partial charge in [-0.1, -0.05) is 49.6 Å². The van der Waals surface area contributed by atoms with Gasteiger partial charge >= 0.3 is 0 Å². The van der Waals surface area contributed by atoms with E-state index in [-0.39, 0.29) is 41.1 Å². The molecule has 1 aliphatic carbocycles. The van der Waals surface area contributed by atoms with Crippen molar-refractivity contribution in [1.82, 2.24) is 14.9 Å². The number of hydrogen-bond donors (Lipinski definition) is 2. The zero-order valence-electron chi connectivity index (χ0n) is 19.7. The number of ether oxygens (including phenoxy) is 1. The van der Waals surface area contributed by atoms with Gasteiger partial charge in [0.15, 0.2) is 0 Å². The first-order valence-electron chi connectivity index (χ1n) is 11.6. The molecule has 0 spiro atoms. The number of benzene rings is 2. The van der Waals surface area contributed by atoms with Crippen LogP contribution < -0.4 is 15.4 Å². The van der Waals surface area contributed by atoms with Gasteiger partial charge in [-0.05, 0) is 36.6 Å². The predicted octanol–water partition coefficient (Wildman–Crippen LogP) is 2.94. The van der Waals surface area contributed by atoms with Crippen LogP contribution in [-0.4, -0.2) is 51.8 Å². The highest BCUT2D eigenvalue weighted by Gasteiger charge is 2.26. The number of nitrogens with one attached hydrogen (secondary N) is 2. The fourth-order valence-corrected chi connectivity index (χ4v) is 5.42. The van der Waals surface area contributed by atoms with E-state index in [1.807, 2.05) is 30.3 Å². The van der Waals surface area contributed by atoms with E-state index in [1.165, 1.54) is 43.1 Å². The second-order valence-corrected chi connectivity index (χ2v) is 10.5. The van der Waals surface area contributed by atoms with Crippen molar-refractivity contribution >= 4 is 21.8 Å². The number of carbonyl (C=O) groups is 2. The molecule has 34 heavy (non-hydrogen) atoms. The van der Waals surface area contributed by atoms with Crippen molar-refractivity contribution in [2.75, 3.05) is 27.2 Å². The molecule has 184 valence electrons. The molecule has 1 fully saturated rings. The summed E-state index contributed by atoms with van der Waals surface area (Å²) in [5.41, 5.74) is 1.04. The Hall–Kier alpha value is -2.91. The van der Waals surface area contributed by atoms with E-state index >= 15 is 0 Å². The van der Waals surface area contributed by atoms with Crippen LogP contribution in [0.5, 0.6) is 5.75 Å². The number of carbonyl (C=O) groups excluding carboxylic acids is 2. The monoisotopic (exact) mass is 487 g/mol. The molecule has 2 amide bonds. The summed E-state index contributed by atoms with van der Waals surface area (Å²) in [6.07, 6.45) is 5.18. The van der Waals surface area contributed by atoms with Crippen LogP contribution in [0, 0.1) is 5.92 Å². The molecular formula is C25H33N3O5S. The van der Waals surface area contributed by atoms with Crippen molar-refractivity contribution < 1.29 is 22.7 Å². The molecule has 0 unspecified atom stereocenters. The Morgan fingerprint density at radius 1 is 1.00 bits per heavy atom. The van der Waals surface area contributed by atoms with Gasteiger partial charge in [-0.3, -0.25) is 9.59 Å². The lowest BCUT2D eigenvalue weighted by molar-refractivity contribution is -0.125. The van der Waals surface area contributed by atoms with E-state index in [2.05, 4.69) is 10.6 Å². The fourth-order valence-electron chi connectivity index (χ4n) is 4.09. The fraction of sp³-hybridized carbons (Fsp3) is 0.440. The van der Waals surface area contributed by atoms with Crippen LogP contribution in [-0.2, 0) is 21.4 Å². The number of nitrogens with zero attached hydrogens (tertiary/aromatic N) is 1. The summed E-state index contributed by atoms with van der Waals surface area (Å²) < 4.78 is 33.0. The third-order valence-electron chi connectivity index (χ3n) is 6.05. The lowest BCUT2D eigenvalue weighted by atomic mass is 9.89. The van der Waals surface area contributed by atoms with Gasteiger partial charge in [0.2, 0.25) is 15.9 Å². The molecule has 0 heterocycles. The van der Waals surface area contributed by atoms with Gasteiger partial charge in [0, 0.05) is 38.2 Å². The Labute approximate surface area is 201 Å². The summed E-state index contributed by atoms with van der Waals surface area (Å²) in [5.74, 6) is -0.159. The van der Waals surface area contributed by atoms with Crippen molar-refractivity contribution in [3.8, 4) is 5.75 Å². The van der Waals surface area contributed by atoms with E-state index in [4.69, 9.17) is 4.74 Å². The minimum absolute atomic E-state index is 0.0354. The van der Waals surface area contributed by atoms with Crippen LogP contribution >= 0.6 is 0 Å². The lowest BCUT2D eigenvalue weighted by Crippen LogP contribution is -2.38. The standard InChI is InChI=1S/C25H33N3O5S/c1-28(18-19-9-5-3-6-10-19)34(31,32)23-17-21(13-14-22(23)33-2)25(30)27-16-15-26-24(29)20-11-7-4-8-12-20/h3,5-6,9-10,13-14,17,20H,4,7-8,11-12,15-16,18H2,1-2H3,(H,26,29)(H,27,30). The minimum Gasteiger partial charge on any atom is -0.495 e. The highest BCUT2D eigenvalue weighted by molar-refractivity contribution is 7.89. The SMILES string of the molecule is COc1ccc(C(=O)NCCNC(=O)C2CCCCC2)cc1S(=O)(=O)N(C)Cc1ccccc1. The first-order valence-corrected chi connectivity index (χ1v) is 13.0. The summed E-state index contributed by atoms with van der Waals surface area (Å²) in [6.45, 7) is 0.755. The van der Waals surface area contributed by atoms with Crippen molar-refractivity contribution in [2.45, 2.75) is 43.5 Å². The minimum atomic E-state index is -3.91. The highest BCUT2D eigenvalue weighted by atomic mass is 32.2. The first kappa shape index (κ1) is 25.7. The molecule has 1 aliphatic rings. The second kappa shape index (κ2) is 12.0. The third-order valence-corrected chi connectivity index (χ3v) is 7.87. The number of amides is 2. The zero-order valence-corrected chi connectivity index (χ0v) is 20.6. The van der Waals surface area contributed by atoms with Crippen LogP contribution in [0.2, 0.25) is 0 Å². The van der Waals surface area contributed by atoms with Crippen molar-refractivity contribution in [2.24, 2.45) is 5.92 Å². The molecule has 0 aliphatic heterocycles. The van der Waals surface area contributed by atoms with Crippen molar-refractivity contribution in [1.29, 1.82) is 0 Å². The summed E-state index contributed by atoms with van der Waals surface area (Å²) >= 11 is 0. The Morgan fingerprint density at radius 2 is 1.68 bits per heavy atom. The average Bonchev–Trinajstić information content (AvgIpc) is 2.87. The predicted molar refractivity (Wildman–Crippen MR) is 130 cm³/mol. The molecule has 0 saturated heterocycles. The highest BCUT2D eigenvalue weighted by Crippen LogP contribution is 2.28. The molecule has 2 aromatic carbocycles. The number of rotatable bonds is 10. The largest absolute Gasteiger partial charge is 0.495 e. The third kappa shape index (κ3) is 6.57.